The first kappa shape index (κ1) is 21.0. The van der Waals surface area contributed by atoms with Crippen LogP contribution in [0.25, 0.3) is 0 Å². The van der Waals surface area contributed by atoms with E-state index in [-0.39, 0.29) is 6.61 Å². The van der Waals surface area contributed by atoms with E-state index in [9.17, 15) is 5.11 Å². The number of nitrogens with zero attached hydrogens (tertiary/aromatic N) is 1. The quantitative estimate of drug-likeness (QED) is 0.498. The molecule has 0 fully saturated rings. The number of ether oxygens (including phenoxy) is 3. The highest BCUT2D eigenvalue weighted by atomic mass is 16.5. The topological polar surface area (TPSA) is 77.4 Å². The van der Waals surface area contributed by atoms with E-state index in [4.69, 9.17) is 23.0 Å². The minimum atomic E-state index is -0.653. The van der Waals surface area contributed by atoms with E-state index in [2.05, 4.69) is 4.90 Å². The molecule has 1 N–H and O–H groups in total. The van der Waals surface area contributed by atoms with Gasteiger partial charge in [0.25, 0.3) is 0 Å². The first-order valence-electron chi connectivity index (χ1n) is 9.41. The lowest BCUT2D eigenvalue weighted by molar-refractivity contribution is 0.00162. The van der Waals surface area contributed by atoms with E-state index < -0.39 is 6.10 Å². The van der Waals surface area contributed by atoms with Gasteiger partial charge in [0.1, 0.15) is 18.1 Å². The molecule has 0 unspecified atom stereocenters. The van der Waals surface area contributed by atoms with Gasteiger partial charge < -0.3 is 28.2 Å². The van der Waals surface area contributed by atoms with Crippen LogP contribution in [0.2, 0.25) is 0 Å². The van der Waals surface area contributed by atoms with Gasteiger partial charge in [-0.3, -0.25) is 4.90 Å². The molecule has 0 saturated carbocycles. The summed E-state index contributed by atoms with van der Waals surface area (Å²) in [6, 6.07) is 13.2. The molecule has 29 heavy (non-hydrogen) atoms. The fourth-order valence-corrected chi connectivity index (χ4v) is 3.09. The summed E-state index contributed by atoms with van der Waals surface area (Å²) < 4.78 is 27.0. The van der Waals surface area contributed by atoms with Crippen LogP contribution < -0.4 is 9.47 Å². The first-order valence-corrected chi connectivity index (χ1v) is 9.41. The average Bonchev–Trinajstić information content (AvgIpc) is 3.42. The first-order chi connectivity index (χ1) is 14.2. The summed E-state index contributed by atoms with van der Waals surface area (Å²) in [6.07, 6.45) is 2.59. The lowest BCUT2D eigenvalue weighted by atomic mass is 10.1. The molecule has 156 valence electrons. The van der Waals surface area contributed by atoms with Gasteiger partial charge in [-0.05, 0) is 42.0 Å². The Hall–Kier alpha value is -2.74. The minimum absolute atomic E-state index is 0.210. The Morgan fingerprint density at radius 3 is 2.31 bits per heavy atom. The van der Waals surface area contributed by atoms with E-state index in [1.807, 2.05) is 42.5 Å². The van der Waals surface area contributed by atoms with Crippen LogP contribution in [0.5, 0.6) is 11.5 Å². The molecule has 3 rings (SSSR count). The Balaban J connectivity index is 1.61. The van der Waals surface area contributed by atoms with Gasteiger partial charge in [-0.2, -0.15) is 0 Å². The van der Waals surface area contributed by atoms with Crippen LogP contribution in [0.3, 0.4) is 0 Å². The molecule has 1 aromatic carbocycles. The maximum atomic E-state index is 10.5. The normalized spacial score (nSPS) is 12.3. The summed E-state index contributed by atoms with van der Waals surface area (Å²) in [6.45, 7) is 2.14. The molecule has 7 nitrogen and oxygen atoms in total. The molecule has 0 aliphatic rings. The number of benzene rings is 1. The van der Waals surface area contributed by atoms with Crippen molar-refractivity contribution in [2.24, 2.45) is 0 Å². The molecule has 7 heteroatoms. The Labute approximate surface area is 170 Å². The van der Waals surface area contributed by atoms with Gasteiger partial charge in [0, 0.05) is 13.1 Å². The van der Waals surface area contributed by atoms with Crippen LogP contribution in [-0.2, 0) is 24.4 Å². The van der Waals surface area contributed by atoms with Crippen LogP contribution in [0.1, 0.15) is 17.1 Å². The molecule has 0 radical (unpaired) electrons. The van der Waals surface area contributed by atoms with Crippen LogP contribution in [0, 0.1) is 0 Å². The Morgan fingerprint density at radius 1 is 0.931 bits per heavy atom. The van der Waals surface area contributed by atoms with Gasteiger partial charge in [-0.15, -0.1) is 0 Å². The van der Waals surface area contributed by atoms with Crippen molar-refractivity contribution in [2.45, 2.75) is 25.8 Å². The van der Waals surface area contributed by atoms with Gasteiger partial charge in [-0.1, -0.05) is 6.07 Å². The molecule has 0 spiro atoms. The summed E-state index contributed by atoms with van der Waals surface area (Å²) in [5.74, 6) is 2.91. The van der Waals surface area contributed by atoms with E-state index in [0.29, 0.717) is 37.7 Å². The van der Waals surface area contributed by atoms with Crippen molar-refractivity contribution < 1.29 is 28.2 Å². The molecule has 0 saturated heterocycles. The monoisotopic (exact) mass is 401 g/mol. The molecule has 0 bridgehead atoms. The average molecular weight is 401 g/mol. The van der Waals surface area contributed by atoms with Gasteiger partial charge >= 0.3 is 0 Å². The smallest absolute Gasteiger partial charge is 0.161 e. The number of aliphatic hydroxyl groups excluding tert-OH is 1. The summed E-state index contributed by atoms with van der Waals surface area (Å²) in [5.41, 5.74) is 1.04. The Kier molecular flexibility index (Phi) is 7.75. The van der Waals surface area contributed by atoms with Gasteiger partial charge in [0.15, 0.2) is 11.5 Å². The maximum Gasteiger partial charge on any atom is 0.161 e. The summed E-state index contributed by atoms with van der Waals surface area (Å²) in [5, 5.41) is 10.5. The standard InChI is InChI=1S/C22H27NO6/c1-25-21-8-7-17(11-22(21)26-2)12-23(14-19-5-3-9-28-19)13-18(24)15-27-16-20-6-4-10-29-20/h3-11,18,24H,12-16H2,1-2H3/t18-/m1/s1. The Morgan fingerprint density at radius 2 is 1.66 bits per heavy atom. The van der Waals surface area contributed by atoms with Crippen molar-refractivity contribution >= 4 is 0 Å². The molecule has 3 aromatic rings. The zero-order chi connectivity index (χ0) is 20.5. The number of aliphatic hydroxyl groups is 1. The number of hydrogen-bond acceptors (Lipinski definition) is 7. The summed E-state index contributed by atoms with van der Waals surface area (Å²) >= 11 is 0. The maximum absolute atomic E-state index is 10.5. The summed E-state index contributed by atoms with van der Waals surface area (Å²) in [7, 11) is 3.22. The highest BCUT2D eigenvalue weighted by Gasteiger charge is 2.16. The third-order valence-corrected chi connectivity index (χ3v) is 4.42. The number of rotatable bonds is 12. The van der Waals surface area contributed by atoms with E-state index >= 15 is 0 Å². The molecule has 0 aliphatic carbocycles. The van der Waals surface area contributed by atoms with Gasteiger partial charge in [0.05, 0.1) is 46.0 Å². The van der Waals surface area contributed by atoms with Crippen LogP contribution in [0.4, 0.5) is 0 Å². The third-order valence-electron chi connectivity index (χ3n) is 4.42. The molecule has 0 aliphatic heterocycles. The van der Waals surface area contributed by atoms with Crippen molar-refractivity contribution in [1.29, 1.82) is 0 Å². The van der Waals surface area contributed by atoms with Crippen molar-refractivity contribution in [2.75, 3.05) is 27.4 Å². The second kappa shape index (κ2) is 10.7. The zero-order valence-electron chi connectivity index (χ0n) is 16.7. The van der Waals surface area contributed by atoms with Crippen LogP contribution in [-0.4, -0.2) is 43.5 Å². The van der Waals surface area contributed by atoms with Gasteiger partial charge in [-0.25, -0.2) is 0 Å². The second-order valence-corrected chi connectivity index (χ2v) is 6.69. The molecule has 2 heterocycles. The molecule has 2 aromatic heterocycles. The van der Waals surface area contributed by atoms with Crippen molar-refractivity contribution in [3.63, 3.8) is 0 Å². The van der Waals surface area contributed by atoms with Crippen LogP contribution >= 0.6 is 0 Å². The van der Waals surface area contributed by atoms with Crippen molar-refractivity contribution in [3.05, 3.63) is 72.1 Å². The van der Waals surface area contributed by atoms with Crippen molar-refractivity contribution in [1.82, 2.24) is 4.90 Å². The fraction of sp³-hybridized carbons (Fsp3) is 0.364. The number of furan rings is 2. The van der Waals surface area contributed by atoms with Gasteiger partial charge in [0.2, 0.25) is 0 Å². The lowest BCUT2D eigenvalue weighted by Crippen LogP contribution is -2.34. The van der Waals surface area contributed by atoms with E-state index in [0.717, 1.165) is 17.1 Å². The summed E-state index contributed by atoms with van der Waals surface area (Å²) in [4.78, 5) is 2.10. The van der Waals surface area contributed by atoms with Crippen molar-refractivity contribution in [3.8, 4) is 11.5 Å². The highest BCUT2D eigenvalue weighted by molar-refractivity contribution is 5.42. The Bertz CT molecular complexity index is 831. The van der Waals surface area contributed by atoms with Crippen LogP contribution in [0.15, 0.2) is 63.8 Å². The molecule has 0 amide bonds. The second-order valence-electron chi connectivity index (χ2n) is 6.69. The predicted octanol–water partition coefficient (Wildman–Crippen LogP) is 3.47. The third kappa shape index (κ3) is 6.39. The lowest BCUT2D eigenvalue weighted by Gasteiger charge is -2.24. The fourth-order valence-electron chi connectivity index (χ4n) is 3.09. The van der Waals surface area contributed by atoms with E-state index in [1.165, 1.54) is 0 Å². The highest BCUT2D eigenvalue weighted by Crippen LogP contribution is 2.28. The zero-order valence-corrected chi connectivity index (χ0v) is 16.7. The van der Waals surface area contributed by atoms with E-state index in [1.54, 1.807) is 26.7 Å². The minimum Gasteiger partial charge on any atom is -0.493 e. The molecular weight excluding hydrogens is 374 g/mol. The molecule has 1 atom stereocenters. The largest absolute Gasteiger partial charge is 0.493 e. The predicted molar refractivity (Wildman–Crippen MR) is 107 cm³/mol. The number of methoxy groups -OCH3 is 2. The SMILES string of the molecule is COc1ccc(CN(Cc2ccco2)C[C@@H](O)COCc2ccco2)cc1OC. The molecular formula is C22H27NO6. The number of hydrogen-bond donors (Lipinski definition) is 1.